The van der Waals surface area contributed by atoms with Gasteiger partial charge in [0.1, 0.15) is 5.70 Å². The van der Waals surface area contributed by atoms with Crippen molar-refractivity contribution in [2.75, 3.05) is 16.4 Å². The molecule has 1 unspecified atom stereocenters. The molecule has 5 rings (SSSR count). The fraction of sp³-hybridized carbons (Fsp3) is 0.139. The van der Waals surface area contributed by atoms with Crippen LogP contribution in [0.2, 0.25) is 0 Å². The molecule has 3 N–H and O–H groups in total. The molecule has 47 heavy (non-hydrogen) atoms. The van der Waals surface area contributed by atoms with Gasteiger partial charge in [0.15, 0.2) is 0 Å². The molecule has 1 heterocycles. The van der Waals surface area contributed by atoms with E-state index >= 15 is 0 Å². The van der Waals surface area contributed by atoms with Gasteiger partial charge in [-0.15, -0.1) is 11.8 Å². The normalized spacial score (nSPS) is 11.8. The van der Waals surface area contributed by atoms with E-state index in [1.165, 1.54) is 23.5 Å². The molecule has 3 amide bonds. The van der Waals surface area contributed by atoms with Gasteiger partial charge in [-0.2, -0.15) is 9.36 Å². The van der Waals surface area contributed by atoms with Crippen LogP contribution in [0.3, 0.4) is 0 Å². The van der Waals surface area contributed by atoms with Gasteiger partial charge in [-0.05, 0) is 65.3 Å². The second kappa shape index (κ2) is 16.7. The van der Waals surface area contributed by atoms with Crippen LogP contribution in [-0.4, -0.2) is 38.1 Å². The van der Waals surface area contributed by atoms with Gasteiger partial charge in [-0.1, -0.05) is 104 Å². The molecule has 1 atom stereocenters. The maximum absolute atomic E-state index is 13.6. The number of hydrogen-bond acceptors (Lipinski definition) is 8. The zero-order valence-electron chi connectivity index (χ0n) is 25.8. The largest absolute Gasteiger partial charge is 0.321 e. The summed E-state index contributed by atoms with van der Waals surface area (Å²) in [4.78, 5) is 45.0. The summed E-state index contributed by atoms with van der Waals surface area (Å²) >= 11 is 4.08. The van der Waals surface area contributed by atoms with Crippen LogP contribution < -0.4 is 16.0 Å². The number of thioether (sulfide) groups is 2. The molecule has 1 aromatic heterocycles. The van der Waals surface area contributed by atoms with Crippen LogP contribution in [-0.2, 0) is 9.59 Å². The van der Waals surface area contributed by atoms with Gasteiger partial charge in [0.25, 0.3) is 11.8 Å². The second-order valence-electron chi connectivity index (χ2n) is 10.2. The van der Waals surface area contributed by atoms with Crippen molar-refractivity contribution in [1.29, 1.82) is 0 Å². The third-order valence-corrected chi connectivity index (χ3v) is 9.64. The molecule has 5 aromatic rings. The molecule has 0 bridgehead atoms. The number of nitrogens with zero attached hydrogens (tertiary/aromatic N) is 2. The first-order valence-corrected chi connectivity index (χ1v) is 17.6. The molecule has 0 saturated carbocycles. The van der Waals surface area contributed by atoms with E-state index in [1.54, 1.807) is 36.4 Å². The van der Waals surface area contributed by atoms with Crippen LogP contribution in [0.5, 0.6) is 0 Å². The van der Waals surface area contributed by atoms with Gasteiger partial charge < -0.3 is 10.6 Å². The highest BCUT2D eigenvalue weighted by molar-refractivity contribution is 8.00. The third kappa shape index (κ3) is 9.65. The lowest BCUT2D eigenvalue weighted by molar-refractivity contribution is -0.116. The standard InChI is InChI=1S/C36H33N5O3S3/c1-3-31(34(44)39-35-40-36(41-47-35)45-4-2)46-29-17-11-16-28(23-29)37-33(43)30(38-32(42)27-14-9-6-10-15-27)22-24-18-20-26(21-19-24)25-12-7-5-8-13-25/h5-23,31H,3-4H2,1-2H3,(H,37,43)(H,38,42)(H,39,40,41,44)/b30-22+. The average Bonchev–Trinajstić information content (AvgIpc) is 3.54. The highest BCUT2D eigenvalue weighted by Gasteiger charge is 2.21. The summed E-state index contributed by atoms with van der Waals surface area (Å²) in [6, 6.07) is 33.8. The van der Waals surface area contributed by atoms with E-state index in [0.717, 1.165) is 38.9 Å². The minimum Gasteiger partial charge on any atom is -0.321 e. The van der Waals surface area contributed by atoms with E-state index in [-0.39, 0.29) is 16.9 Å². The van der Waals surface area contributed by atoms with Crippen LogP contribution in [0, 0.1) is 0 Å². The fourth-order valence-electron chi connectivity index (χ4n) is 4.48. The molecule has 238 valence electrons. The molecule has 4 aromatic carbocycles. The van der Waals surface area contributed by atoms with Gasteiger partial charge in [0.2, 0.25) is 16.2 Å². The Bertz CT molecular complexity index is 1850. The number of aromatic nitrogens is 2. The smallest absolute Gasteiger partial charge is 0.272 e. The van der Waals surface area contributed by atoms with Crippen LogP contribution in [0.25, 0.3) is 17.2 Å². The summed E-state index contributed by atoms with van der Waals surface area (Å²) < 4.78 is 4.26. The van der Waals surface area contributed by atoms with Crippen molar-refractivity contribution in [3.63, 3.8) is 0 Å². The Hall–Kier alpha value is -4.71. The molecular formula is C36H33N5O3S3. The van der Waals surface area contributed by atoms with Gasteiger partial charge in [-0.25, -0.2) is 0 Å². The zero-order chi connectivity index (χ0) is 33.0. The van der Waals surface area contributed by atoms with Crippen molar-refractivity contribution < 1.29 is 14.4 Å². The molecule has 8 nitrogen and oxygen atoms in total. The molecule has 0 aliphatic rings. The molecule has 11 heteroatoms. The summed E-state index contributed by atoms with van der Waals surface area (Å²) in [6.07, 6.45) is 2.24. The summed E-state index contributed by atoms with van der Waals surface area (Å²) in [7, 11) is 0. The van der Waals surface area contributed by atoms with Crippen molar-refractivity contribution in [1.82, 2.24) is 14.7 Å². The minimum atomic E-state index is -0.481. The number of hydrogen-bond donors (Lipinski definition) is 3. The van der Waals surface area contributed by atoms with E-state index in [0.29, 0.717) is 28.0 Å². The topological polar surface area (TPSA) is 113 Å². The maximum atomic E-state index is 13.6. The van der Waals surface area contributed by atoms with Crippen LogP contribution in [0.1, 0.15) is 36.2 Å². The zero-order valence-corrected chi connectivity index (χ0v) is 28.3. The van der Waals surface area contributed by atoms with E-state index in [2.05, 4.69) is 25.3 Å². The van der Waals surface area contributed by atoms with Gasteiger partial charge in [0.05, 0.1) is 5.25 Å². The third-order valence-electron chi connectivity index (χ3n) is 6.80. The first-order chi connectivity index (χ1) is 22.9. The number of nitrogens with one attached hydrogen (secondary N) is 3. The number of benzene rings is 4. The highest BCUT2D eigenvalue weighted by Crippen LogP contribution is 2.29. The molecule has 0 aliphatic carbocycles. The van der Waals surface area contributed by atoms with E-state index in [9.17, 15) is 14.4 Å². The number of rotatable bonds is 13. The number of carbonyl (C=O) groups is 3. The first-order valence-electron chi connectivity index (χ1n) is 15.0. The summed E-state index contributed by atoms with van der Waals surface area (Å²) in [5.41, 5.74) is 3.92. The SMILES string of the molecule is CCSc1nsc(NC(=O)C(CC)Sc2cccc(NC(=O)/C(=C\c3ccc(-c4ccccc4)cc3)NC(=O)c3ccccc3)c2)n1. The Morgan fingerprint density at radius 2 is 1.53 bits per heavy atom. The van der Waals surface area contributed by atoms with Gasteiger partial charge >= 0.3 is 0 Å². The van der Waals surface area contributed by atoms with Crippen molar-refractivity contribution in [2.24, 2.45) is 0 Å². The number of anilines is 2. The molecular weight excluding hydrogens is 647 g/mol. The van der Waals surface area contributed by atoms with E-state index < -0.39 is 11.8 Å². The monoisotopic (exact) mass is 679 g/mol. The summed E-state index contributed by atoms with van der Waals surface area (Å²) in [5.74, 6) is -0.193. The van der Waals surface area contributed by atoms with Crippen molar-refractivity contribution in [3.8, 4) is 11.1 Å². The lowest BCUT2D eigenvalue weighted by Crippen LogP contribution is -2.30. The fourth-order valence-corrected chi connectivity index (χ4v) is 6.76. The second-order valence-corrected chi connectivity index (χ2v) is 13.4. The Labute approximate surface area is 286 Å². The Balaban J connectivity index is 1.31. The minimum absolute atomic E-state index is 0.0906. The van der Waals surface area contributed by atoms with Crippen molar-refractivity contribution >= 4 is 69.7 Å². The van der Waals surface area contributed by atoms with Crippen molar-refractivity contribution in [2.45, 2.75) is 35.6 Å². The predicted octanol–water partition coefficient (Wildman–Crippen LogP) is 8.24. The Kier molecular flexibility index (Phi) is 12.0. The van der Waals surface area contributed by atoms with Crippen LogP contribution in [0.15, 0.2) is 125 Å². The van der Waals surface area contributed by atoms with Crippen LogP contribution in [0.4, 0.5) is 10.8 Å². The molecule has 0 saturated heterocycles. The summed E-state index contributed by atoms with van der Waals surface area (Å²) in [5, 5.41) is 9.32. The van der Waals surface area contributed by atoms with Gasteiger partial charge in [0, 0.05) is 27.7 Å². The Morgan fingerprint density at radius 1 is 0.830 bits per heavy atom. The van der Waals surface area contributed by atoms with Gasteiger partial charge in [-0.3, -0.25) is 19.7 Å². The predicted molar refractivity (Wildman–Crippen MR) is 194 cm³/mol. The quantitative estimate of drug-likeness (QED) is 0.0849. The molecule has 0 radical (unpaired) electrons. The molecule has 0 spiro atoms. The van der Waals surface area contributed by atoms with E-state index in [1.807, 2.05) is 92.7 Å². The van der Waals surface area contributed by atoms with Crippen molar-refractivity contribution in [3.05, 3.63) is 126 Å². The first kappa shape index (κ1) is 33.6. The lowest BCUT2D eigenvalue weighted by Gasteiger charge is -2.15. The summed E-state index contributed by atoms with van der Waals surface area (Å²) in [6.45, 7) is 3.97. The van der Waals surface area contributed by atoms with Crippen LogP contribution >= 0.6 is 35.1 Å². The molecule has 0 fully saturated rings. The highest BCUT2D eigenvalue weighted by atomic mass is 32.2. The maximum Gasteiger partial charge on any atom is 0.272 e. The number of carbonyl (C=O) groups excluding carboxylic acids is 3. The lowest BCUT2D eigenvalue weighted by atomic mass is 10.0. The van der Waals surface area contributed by atoms with E-state index in [4.69, 9.17) is 0 Å². The molecule has 0 aliphatic heterocycles. The Morgan fingerprint density at radius 3 is 2.23 bits per heavy atom. The average molecular weight is 680 g/mol. The number of amides is 3.